The van der Waals surface area contributed by atoms with E-state index in [2.05, 4.69) is 31.2 Å². The second kappa shape index (κ2) is 7.72. The van der Waals surface area contributed by atoms with E-state index in [1.165, 1.54) is 12.8 Å². The fourth-order valence-corrected chi connectivity index (χ4v) is 3.79. The zero-order valence-electron chi connectivity index (χ0n) is 15.0. The number of amides is 1. The van der Waals surface area contributed by atoms with E-state index in [9.17, 15) is 4.79 Å². The number of carbonyl (C=O) groups excluding carboxylic acids is 1. The average Bonchev–Trinajstić information content (AvgIpc) is 3.24. The zero-order chi connectivity index (χ0) is 17.8. The summed E-state index contributed by atoms with van der Waals surface area (Å²) in [6.45, 7) is 3.90. The van der Waals surface area contributed by atoms with Crippen LogP contribution in [0, 0.1) is 0 Å². The van der Waals surface area contributed by atoms with E-state index >= 15 is 0 Å². The molecule has 2 aliphatic rings. The van der Waals surface area contributed by atoms with Crippen LogP contribution in [0.4, 0.5) is 11.6 Å². The van der Waals surface area contributed by atoms with Crippen molar-refractivity contribution in [1.82, 2.24) is 15.3 Å². The molecule has 2 aliphatic heterocycles. The summed E-state index contributed by atoms with van der Waals surface area (Å²) in [5, 5.41) is 3.17. The van der Waals surface area contributed by atoms with Crippen LogP contribution < -0.4 is 15.1 Å². The van der Waals surface area contributed by atoms with Gasteiger partial charge >= 0.3 is 0 Å². The third kappa shape index (κ3) is 3.79. The Morgan fingerprint density at radius 3 is 2.42 bits per heavy atom. The molecule has 0 saturated carbocycles. The van der Waals surface area contributed by atoms with Crippen molar-refractivity contribution in [3.05, 3.63) is 48.3 Å². The van der Waals surface area contributed by atoms with Crippen molar-refractivity contribution in [2.24, 2.45) is 0 Å². The zero-order valence-corrected chi connectivity index (χ0v) is 15.0. The Balaban J connectivity index is 1.42. The van der Waals surface area contributed by atoms with Crippen LogP contribution in [-0.2, 0) is 0 Å². The largest absolute Gasteiger partial charge is 0.356 e. The second-order valence-corrected chi connectivity index (χ2v) is 7.05. The molecule has 1 aromatic carbocycles. The van der Waals surface area contributed by atoms with Crippen LogP contribution in [0.5, 0.6) is 0 Å². The van der Waals surface area contributed by atoms with Crippen molar-refractivity contribution in [3.8, 4) is 0 Å². The van der Waals surface area contributed by atoms with Gasteiger partial charge in [-0.1, -0.05) is 18.2 Å². The molecule has 4 rings (SSSR count). The first kappa shape index (κ1) is 16.8. The molecular weight excluding hydrogens is 326 g/mol. The lowest BCUT2D eigenvalue weighted by Crippen LogP contribution is -2.48. The van der Waals surface area contributed by atoms with E-state index in [0.717, 1.165) is 50.7 Å². The smallest absolute Gasteiger partial charge is 0.251 e. The van der Waals surface area contributed by atoms with E-state index in [1.54, 1.807) is 6.33 Å². The predicted molar refractivity (Wildman–Crippen MR) is 103 cm³/mol. The number of hydrogen-bond donors (Lipinski definition) is 1. The molecule has 0 radical (unpaired) electrons. The Morgan fingerprint density at radius 2 is 1.65 bits per heavy atom. The van der Waals surface area contributed by atoms with Gasteiger partial charge in [-0.15, -0.1) is 0 Å². The van der Waals surface area contributed by atoms with Gasteiger partial charge in [0.2, 0.25) is 0 Å². The molecule has 2 aromatic rings. The molecular formula is C20H25N5O. The van der Waals surface area contributed by atoms with Gasteiger partial charge in [-0.05, 0) is 37.8 Å². The fraction of sp³-hybridized carbons (Fsp3) is 0.450. The Labute approximate surface area is 154 Å². The van der Waals surface area contributed by atoms with Crippen LogP contribution in [-0.4, -0.2) is 48.1 Å². The van der Waals surface area contributed by atoms with Crippen molar-refractivity contribution in [1.29, 1.82) is 0 Å². The second-order valence-electron chi connectivity index (χ2n) is 7.05. The summed E-state index contributed by atoms with van der Waals surface area (Å²) in [5.74, 6) is 1.97. The average molecular weight is 351 g/mol. The number of nitrogens with one attached hydrogen (secondary N) is 1. The molecule has 3 heterocycles. The van der Waals surface area contributed by atoms with E-state index in [0.29, 0.717) is 5.56 Å². The van der Waals surface area contributed by atoms with E-state index in [1.807, 2.05) is 30.3 Å². The quantitative estimate of drug-likeness (QED) is 0.917. The summed E-state index contributed by atoms with van der Waals surface area (Å²) in [6.07, 6.45) is 6.17. The van der Waals surface area contributed by atoms with Gasteiger partial charge in [-0.2, -0.15) is 0 Å². The van der Waals surface area contributed by atoms with Crippen LogP contribution in [0.1, 0.15) is 36.0 Å². The summed E-state index contributed by atoms with van der Waals surface area (Å²) < 4.78 is 0. The predicted octanol–water partition coefficient (Wildman–Crippen LogP) is 2.48. The lowest BCUT2D eigenvalue weighted by molar-refractivity contribution is 0.0933. The van der Waals surface area contributed by atoms with Gasteiger partial charge < -0.3 is 15.1 Å². The molecule has 6 heteroatoms. The molecule has 0 bridgehead atoms. The van der Waals surface area contributed by atoms with Gasteiger partial charge in [-0.25, -0.2) is 9.97 Å². The first-order valence-corrected chi connectivity index (χ1v) is 9.47. The Hall–Kier alpha value is -2.63. The lowest BCUT2D eigenvalue weighted by atomic mass is 10.0. The lowest BCUT2D eigenvalue weighted by Gasteiger charge is -2.34. The third-order valence-electron chi connectivity index (χ3n) is 5.18. The minimum Gasteiger partial charge on any atom is -0.356 e. The monoisotopic (exact) mass is 351 g/mol. The molecule has 0 spiro atoms. The van der Waals surface area contributed by atoms with Gasteiger partial charge in [0.15, 0.2) is 0 Å². The standard InChI is InChI=1S/C20H25N5O/c26-20(16-7-2-1-3-8-16)23-17-9-6-12-25(14-17)19-13-18(21-15-22-19)24-10-4-5-11-24/h1-3,7-8,13,15,17H,4-6,9-12,14H2,(H,23,26)/t17-/m0/s1. The molecule has 2 fully saturated rings. The number of nitrogens with zero attached hydrogens (tertiary/aromatic N) is 4. The number of anilines is 2. The molecule has 1 amide bonds. The van der Waals surface area contributed by atoms with Gasteiger partial charge in [0.1, 0.15) is 18.0 Å². The Morgan fingerprint density at radius 1 is 0.962 bits per heavy atom. The van der Waals surface area contributed by atoms with Crippen LogP contribution in [0.3, 0.4) is 0 Å². The first-order valence-electron chi connectivity index (χ1n) is 9.47. The highest BCUT2D eigenvalue weighted by Gasteiger charge is 2.24. The minimum absolute atomic E-state index is 0.00195. The topological polar surface area (TPSA) is 61.4 Å². The molecule has 1 atom stereocenters. The van der Waals surface area contributed by atoms with E-state index in [4.69, 9.17) is 0 Å². The molecule has 136 valence electrons. The number of rotatable bonds is 4. The molecule has 1 N–H and O–H groups in total. The van der Waals surface area contributed by atoms with E-state index in [-0.39, 0.29) is 11.9 Å². The third-order valence-corrected chi connectivity index (χ3v) is 5.18. The molecule has 2 saturated heterocycles. The van der Waals surface area contributed by atoms with Crippen molar-refractivity contribution >= 4 is 17.5 Å². The highest BCUT2D eigenvalue weighted by molar-refractivity contribution is 5.94. The summed E-state index contributed by atoms with van der Waals surface area (Å²) in [5.41, 5.74) is 0.711. The summed E-state index contributed by atoms with van der Waals surface area (Å²) >= 11 is 0. The summed E-state index contributed by atoms with van der Waals surface area (Å²) in [7, 11) is 0. The van der Waals surface area contributed by atoms with Crippen molar-refractivity contribution < 1.29 is 4.79 Å². The molecule has 0 unspecified atom stereocenters. The highest BCUT2D eigenvalue weighted by Crippen LogP contribution is 2.23. The highest BCUT2D eigenvalue weighted by atomic mass is 16.1. The Kier molecular flexibility index (Phi) is 5.00. The van der Waals surface area contributed by atoms with Crippen molar-refractivity contribution in [2.45, 2.75) is 31.7 Å². The number of hydrogen-bond acceptors (Lipinski definition) is 5. The summed E-state index contributed by atoms with van der Waals surface area (Å²) in [6, 6.07) is 11.6. The number of aromatic nitrogens is 2. The molecule has 26 heavy (non-hydrogen) atoms. The minimum atomic E-state index is -0.00195. The van der Waals surface area contributed by atoms with Crippen LogP contribution in [0.25, 0.3) is 0 Å². The van der Waals surface area contributed by atoms with Crippen molar-refractivity contribution in [3.63, 3.8) is 0 Å². The number of piperidine rings is 1. The number of benzene rings is 1. The summed E-state index contributed by atoms with van der Waals surface area (Å²) in [4.78, 5) is 25.9. The van der Waals surface area contributed by atoms with Gasteiger partial charge in [0, 0.05) is 43.9 Å². The molecule has 1 aromatic heterocycles. The van der Waals surface area contributed by atoms with Crippen molar-refractivity contribution in [2.75, 3.05) is 36.0 Å². The first-order chi connectivity index (χ1) is 12.8. The Bertz CT molecular complexity index is 745. The van der Waals surface area contributed by atoms with Gasteiger partial charge in [0.25, 0.3) is 5.91 Å². The number of carbonyl (C=O) groups is 1. The van der Waals surface area contributed by atoms with Gasteiger partial charge in [-0.3, -0.25) is 4.79 Å². The van der Waals surface area contributed by atoms with Gasteiger partial charge in [0.05, 0.1) is 0 Å². The maximum atomic E-state index is 12.4. The normalized spacial score (nSPS) is 20.2. The fourth-order valence-electron chi connectivity index (χ4n) is 3.79. The maximum Gasteiger partial charge on any atom is 0.251 e. The molecule has 0 aliphatic carbocycles. The van der Waals surface area contributed by atoms with Crippen LogP contribution >= 0.6 is 0 Å². The maximum absolute atomic E-state index is 12.4. The van der Waals surface area contributed by atoms with Crippen LogP contribution in [0.15, 0.2) is 42.7 Å². The molecule has 6 nitrogen and oxygen atoms in total. The van der Waals surface area contributed by atoms with Crippen LogP contribution in [0.2, 0.25) is 0 Å². The SMILES string of the molecule is O=C(N[C@H]1CCCN(c2cc(N3CCCC3)ncn2)C1)c1ccccc1. The van der Waals surface area contributed by atoms with E-state index < -0.39 is 0 Å².